The summed E-state index contributed by atoms with van der Waals surface area (Å²) in [7, 11) is 0. The van der Waals surface area contributed by atoms with Gasteiger partial charge in [0.2, 0.25) is 5.91 Å². The molecule has 5 nitrogen and oxygen atoms in total. The first-order chi connectivity index (χ1) is 13.2. The SMILES string of the molecule is Cc1nc2ccc(NC(=O)/C=C/c3cnn(Cc4ccccc4)c3)cc2s1. The van der Waals surface area contributed by atoms with Crippen LogP contribution < -0.4 is 5.32 Å². The maximum atomic E-state index is 12.2. The summed E-state index contributed by atoms with van der Waals surface area (Å²) in [5, 5.41) is 8.24. The van der Waals surface area contributed by atoms with Crippen molar-refractivity contribution in [3.05, 3.63) is 83.1 Å². The highest BCUT2D eigenvalue weighted by atomic mass is 32.1. The largest absolute Gasteiger partial charge is 0.322 e. The van der Waals surface area contributed by atoms with Crippen molar-refractivity contribution in [2.75, 3.05) is 5.32 Å². The van der Waals surface area contributed by atoms with Gasteiger partial charge in [-0.1, -0.05) is 30.3 Å². The second-order valence-corrected chi connectivity index (χ2v) is 7.43. The summed E-state index contributed by atoms with van der Waals surface area (Å²) in [5.41, 5.74) is 3.79. The number of nitrogens with one attached hydrogen (secondary N) is 1. The molecule has 4 rings (SSSR count). The van der Waals surface area contributed by atoms with E-state index in [2.05, 4.69) is 27.5 Å². The van der Waals surface area contributed by atoms with Gasteiger partial charge >= 0.3 is 0 Å². The number of amides is 1. The fraction of sp³-hybridized carbons (Fsp3) is 0.0952. The number of thiazole rings is 1. The van der Waals surface area contributed by atoms with E-state index in [9.17, 15) is 4.79 Å². The minimum Gasteiger partial charge on any atom is -0.322 e. The minimum absolute atomic E-state index is 0.175. The molecule has 2 aromatic carbocycles. The van der Waals surface area contributed by atoms with Crippen LogP contribution in [0.4, 0.5) is 5.69 Å². The van der Waals surface area contributed by atoms with Crippen molar-refractivity contribution in [3.8, 4) is 0 Å². The zero-order valence-corrected chi connectivity index (χ0v) is 15.6. The van der Waals surface area contributed by atoms with Crippen molar-refractivity contribution >= 4 is 39.2 Å². The number of anilines is 1. The quantitative estimate of drug-likeness (QED) is 0.523. The van der Waals surface area contributed by atoms with Gasteiger partial charge in [0, 0.05) is 23.5 Å². The van der Waals surface area contributed by atoms with Crippen LogP contribution >= 0.6 is 11.3 Å². The molecular formula is C21H18N4OS. The first-order valence-corrected chi connectivity index (χ1v) is 9.40. The molecule has 0 aliphatic rings. The molecule has 0 saturated heterocycles. The second-order valence-electron chi connectivity index (χ2n) is 6.19. The molecule has 0 saturated carbocycles. The van der Waals surface area contributed by atoms with E-state index in [1.54, 1.807) is 23.6 Å². The molecule has 134 valence electrons. The number of fused-ring (bicyclic) bond motifs is 1. The first kappa shape index (κ1) is 17.2. The summed E-state index contributed by atoms with van der Waals surface area (Å²) in [4.78, 5) is 16.6. The molecule has 2 aromatic heterocycles. The highest BCUT2D eigenvalue weighted by Gasteiger charge is 2.04. The van der Waals surface area contributed by atoms with Crippen molar-refractivity contribution in [1.29, 1.82) is 0 Å². The van der Waals surface area contributed by atoms with Gasteiger partial charge in [-0.3, -0.25) is 9.48 Å². The molecule has 0 aliphatic carbocycles. The number of benzene rings is 2. The average Bonchev–Trinajstić information content (AvgIpc) is 3.26. The lowest BCUT2D eigenvalue weighted by molar-refractivity contribution is -0.111. The zero-order chi connectivity index (χ0) is 18.6. The van der Waals surface area contributed by atoms with Crippen molar-refractivity contribution in [2.24, 2.45) is 0 Å². The van der Waals surface area contributed by atoms with Crippen LogP contribution in [0, 0.1) is 6.92 Å². The van der Waals surface area contributed by atoms with E-state index >= 15 is 0 Å². The van der Waals surface area contributed by atoms with E-state index in [-0.39, 0.29) is 5.91 Å². The number of carbonyl (C=O) groups excluding carboxylic acids is 1. The Labute approximate surface area is 161 Å². The van der Waals surface area contributed by atoms with Gasteiger partial charge in [0.1, 0.15) is 0 Å². The van der Waals surface area contributed by atoms with Gasteiger partial charge in [-0.2, -0.15) is 5.10 Å². The highest BCUT2D eigenvalue weighted by Crippen LogP contribution is 2.24. The van der Waals surface area contributed by atoms with E-state index in [4.69, 9.17) is 0 Å². The van der Waals surface area contributed by atoms with Gasteiger partial charge in [-0.15, -0.1) is 11.3 Å². The summed E-state index contributed by atoms with van der Waals surface area (Å²) in [6.07, 6.45) is 6.95. The smallest absolute Gasteiger partial charge is 0.248 e. The maximum absolute atomic E-state index is 12.2. The number of nitrogens with zero attached hydrogens (tertiary/aromatic N) is 3. The summed E-state index contributed by atoms with van der Waals surface area (Å²) >= 11 is 1.62. The topological polar surface area (TPSA) is 59.8 Å². The van der Waals surface area contributed by atoms with Crippen LogP contribution in [0.2, 0.25) is 0 Å². The number of hydrogen-bond acceptors (Lipinski definition) is 4. The molecule has 0 atom stereocenters. The predicted molar refractivity (Wildman–Crippen MR) is 110 cm³/mol. The van der Waals surface area contributed by atoms with Crippen molar-refractivity contribution in [1.82, 2.24) is 14.8 Å². The van der Waals surface area contributed by atoms with E-state index in [1.807, 2.05) is 54.2 Å². The Morgan fingerprint density at radius 3 is 2.93 bits per heavy atom. The lowest BCUT2D eigenvalue weighted by Gasteiger charge is -2.01. The van der Waals surface area contributed by atoms with Crippen molar-refractivity contribution < 1.29 is 4.79 Å². The lowest BCUT2D eigenvalue weighted by Crippen LogP contribution is -2.07. The first-order valence-electron chi connectivity index (χ1n) is 8.58. The Kier molecular flexibility index (Phi) is 4.80. The molecular weight excluding hydrogens is 356 g/mol. The molecule has 0 unspecified atom stereocenters. The summed E-state index contributed by atoms with van der Waals surface area (Å²) in [6, 6.07) is 15.9. The predicted octanol–water partition coefficient (Wildman–Crippen LogP) is 4.50. The maximum Gasteiger partial charge on any atom is 0.248 e. The van der Waals surface area contributed by atoms with Crippen LogP contribution in [0.25, 0.3) is 16.3 Å². The monoisotopic (exact) mass is 374 g/mol. The Hall–Kier alpha value is -3.25. The second kappa shape index (κ2) is 7.55. The summed E-state index contributed by atoms with van der Waals surface area (Å²) in [6.45, 7) is 2.68. The van der Waals surface area contributed by atoms with Gasteiger partial charge in [0.05, 0.1) is 28.0 Å². The minimum atomic E-state index is -0.175. The van der Waals surface area contributed by atoms with E-state index in [0.29, 0.717) is 6.54 Å². The Morgan fingerprint density at radius 1 is 1.22 bits per heavy atom. The standard InChI is InChI=1S/C21H18N4OS/c1-15-23-19-9-8-18(11-20(19)27-15)24-21(26)10-7-17-12-22-25(14-17)13-16-5-3-2-4-6-16/h2-12,14H,13H2,1H3,(H,24,26)/b10-7+. The van der Waals surface area contributed by atoms with E-state index < -0.39 is 0 Å². The fourth-order valence-electron chi connectivity index (χ4n) is 2.80. The van der Waals surface area contributed by atoms with Crippen LogP contribution in [0.15, 0.2) is 67.0 Å². The normalized spacial score (nSPS) is 11.3. The molecule has 0 aliphatic heterocycles. The Bertz CT molecular complexity index is 1110. The van der Waals surface area contributed by atoms with Crippen LogP contribution in [0.5, 0.6) is 0 Å². The molecule has 6 heteroatoms. The number of rotatable bonds is 5. The van der Waals surface area contributed by atoms with Crippen LogP contribution in [-0.2, 0) is 11.3 Å². The molecule has 0 spiro atoms. The fourth-order valence-corrected chi connectivity index (χ4v) is 3.66. The van der Waals surface area contributed by atoms with Crippen molar-refractivity contribution in [2.45, 2.75) is 13.5 Å². The number of aromatic nitrogens is 3. The van der Waals surface area contributed by atoms with E-state index in [0.717, 1.165) is 26.5 Å². The van der Waals surface area contributed by atoms with Crippen LogP contribution in [0.1, 0.15) is 16.1 Å². The Morgan fingerprint density at radius 2 is 2.07 bits per heavy atom. The molecule has 0 bridgehead atoms. The molecule has 0 radical (unpaired) electrons. The molecule has 1 amide bonds. The Balaban J connectivity index is 1.39. The van der Waals surface area contributed by atoms with Gasteiger partial charge < -0.3 is 5.32 Å². The number of aryl methyl sites for hydroxylation is 1. The summed E-state index contributed by atoms with van der Waals surface area (Å²) in [5.74, 6) is -0.175. The van der Waals surface area contributed by atoms with Gasteiger partial charge in [-0.25, -0.2) is 4.98 Å². The molecule has 1 N–H and O–H groups in total. The number of carbonyl (C=O) groups is 1. The molecule has 0 fully saturated rings. The van der Waals surface area contributed by atoms with E-state index in [1.165, 1.54) is 11.6 Å². The third-order valence-electron chi connectivity index (χ3n) is 4.03. The molecule has 27 heavy (non-hydrogen) atoms. The lowest BCUT2D eigenvalue weighted by atomic mass is 10.2. The van der Waals surface area contributed by atoms with Gasteiger partial charge in [-0.05, 0) is 36.8 Å². The van der Waals surface area contributed by atoms with Crippen LogP contribution in [-0.4, -0.2) is 20.7 Å². The number of hydrogen-bond donors (Lipinski definition) is 1. The third kappa shape index (κ3) is 4.30. The molecule has 4 aromatic rings. The third-order valence-corrected chi connectivity index (χ3v) is 4.96. The summed E-state index contributed by atoms with van der Waals surface area (Å²) < 4.78 is 2.92. The van der Waals surface area contributed by atoms with Gasteiger partial charge in [0.25, 0.3) is 0 Å². The van der Waals surface area contributed by atoms with Gasteiger partial charge in [0.15, 0.2) is 0 Å². The highest BCUT2D eigenvalue weighted by molar-refractivity contribution is 7.18. The van der Waals surface area contributed by atoms with Crippen LogP contribution in [0.3, 0.4) is 0 Å². The molecule has 2 heterocycles. The van der Waals surface area contributed by atoms with Crippen molar-refractivity contribution in [3.63, 3.8) is 0 Å². The average molecular weight is 374 g/mol. The zero-order valence-electron chi connectivity index (χ0n) is 14.8.